The van der Waals surface area contributed by atoms with Crippen molar-refractivity contribution in [2.24, 2.45) is 0 Å². The van der Waals surface area contributed by atoms with Crippen LogP contribution in [-0.2, 0) is 22.4 Å². The predicted octanol–water partition coefficient (Wildman–Crippen LogP) is 5.63. The van der Waals surface area contributed by atoms with E-state index in [0.29, 0.717) is 26.0 Å². The highest BCUT2D eigenvalue weighted by atomic mass is 16.5. The zero-order valence-electron chi connectivity index (χ0n) is 19.4. The Bertz CT molecular complexity index is 1030. The van der Waals surface area contributed by atoms with Gasteiger partial charge < -0.3 is 10.1 Å². The van der Waals surface area contributed by atoms with Crippen LogP contribution in [0.4, 0.5) is 10.5 Å². The summed E-state index contributed by atoms with van der Waals surface area (Å²) < 4.78 is 4.99. The van der Waals surface area contributed by atoms with Gasteiger partial charge in [-0.15, -0.1) is 0 Å². The Morgan fingerprint density at radius 1 is 0.848 bits per heavy atom. The number of benzene rings is 3. The number of carbonyl (C=O) groups excluding carboxylic acids is 2. The van der Waals surface area contributed by atoms with Crippen molar-refractivity contribution in [3.05, 3.63) is 90.0 Å². The van der Waals surface area contributed by atoms with E-state index in [9.17, 15) is 9.59 Å². The summed E-state index contributed by atoms with van der Waals surface area (Å²) in [6.07, 6.45) is 2.88. The minimum atomic E-state index is -0.171. The van der Waals surface area contributed by atoms with Crippen LogP contribution in [0.3, 0.4) is 0 Å². The molecule has 172 valence electrons. The normalized spacial score (nSPS) is 10.5. The van der Waals surface area contributed by atoms with Crippen molar-refractivity contribution in [3.63, 3.8) is 0 Å². The Labute approximate surface area is 196 Å². The fourth-order valence-electron chi connectivity index (χ4n) is 3.61. The molecule has 0 fully saturated rings. The van der Waals surface area contributed by atoms with Gasteiger partial charge in [-0.05, 0) is 60.6 Å². The monoisotopic (exact) mass is 444 g/mol. The number of anilines is 1. The molecule has 0 aliphatic heterocycles. The van der Waals surface area contributed by atoms with E-state index in [-0.39, 0.29) is 12.0 Å². The Hall–Kier alpha value is -3.60. The molecule has 0 spiro atoms. The molecule has 0 unspecified atom stereocenters. The lowest BCUT2D eigenvalue weighted by atomic mass is 10.0. The second kappa shape index (κ2) is 12.4. The van der Waals surface area contributed by atoms with Crippen LogP contribution in [0.2, 0.25) is 0 Å². The average molecular weight is 445 g/mol. The first-order valence-corrected chi connectivity index (χ1v) is 11.5. The Morgan fingerprint density at radius 3 is 2.30 bits per heavy atom. The summed E-state index contributed by atoms with van der Waals surface area (Å²) in [7, 11) is 1.78. The molecule has 0 saturated heterocycles. The number of amides is 2. The molecule has 5 nitrogen and oxygen atoms in total. The first kappa shape index (κ1) is 24.1. The number of esters is 1. The molecule has 0 radical (unpaired) electrons. The molecule has 0 heterocycles. The lowest BCUT2D eigenvalue weighted by molar-refractivity contribution is -0.143. The van der Waals surface area contributed by atoms with Gasteiger partial charge in [-0.2, -0.15) is 0 Å². The van der Waals surface area contributed by atoms with Crippen molar-refractivity contribution < 1.29 is 14.3 Å². The van der Waals surface area contributed by atoms with E-state index >= 15 is 0 Å². The fraction of sp³-hybridized carbons (Fsp3) is 0.286. The molecule has 3 aromatic carbocycles. The van der Waals surface area contributed by atoms with Crippen molar-refractivity contribution in [1.29, 1.82) is 0 Å². The maximum Gasteiger partial charge on any atom is 0.321 e. The first-order valence-electron chi connectivity index (χ1n) is 11.5. The first-order chi connectivity index (χ1) is 16.1. The van der Waals surface area contributed by atoms with Gasteiger partial charge in [0.2, 0.25) is 0 Å². The molecule has 2 amide bonds. The molecule has 33 heavy (non-hydrogen) atoms. The molecule has 0 saturated carbocycles. The largest absolute Gasteiger partial charge is 0.466 e. The molecule has 0 bridgehead atoms. The molecule has 0 atom stereocenters. The molecule has 1 N–H and O–H groups in total. The lowest BCUT2D eigenvalue weighted by Crippen LogP contribution is -2.37. The maximum atomic E-state index is 12.6. The number of carbonyl (C=O) groups is 2. The zero-order chi connectivity index (χ0) is 23.5. The van der Waals surface area contributed by atoms with Crippen LogP contribution in [0, 0.1) is 0 Å². The van der Waals surface area contributed by atoms with Crippen molar-refractivity contribution >= 4 is 17.7 Å². The van der Waals surface area contributed by atoms with E-state index in [2.05, 4.69) is 17.4 Å². The number of nitrogens with zero attached hydrogens (tertiary/aromatic N) is 1. The van der Waals surface area contributed by atoms with E-state index in [4.69, 9.17) is 4.74 Å². The van der Waals surface area contributed by atoms with Gasteiger partial charge in [0.1, 0.15) is 0 Å². The van der Waals surface area contributed by atoms with E-state index in [1.807, 2.05) is 73.7 Å². The topological polar surface area (TPSA) is 58.6 Å². The number of ether oxygens (including phenoxy) is 1. The van der Waals surface area contributed by atoms with Crippen molar-refractivity contribution in [3.8, 4) is 11.1 Å². The number of rotatable bonds is 10. The van der Waals surface area contributed by atoms with Crippen LogP contribution >= 0.6 is 0 Å². The molecular weight excluding hydrogens is 412 g/mol. The summed E-state index contributed by atoms with van der Waals surface area (Å²) in [5.41, 5.74) is 5.30. The van der Waals surface area contributed by atoms with Crippen LogP contribution < -0.4 is 10.2 Å². The van der Waals surface area contributed by atoms with Gasteiger partial charge in [-0.3, -0.25) is 9.69 Å². The van der Waals surface area contributed by atoms with Crippen LogP contribution in [0.1, 0.15) is 30.9 Å². The molecule has 0 aliphatic carbocycles. The van der Waals surface area contributed by atoms with Crippen LogP contribution in [0.15, 0.2) is 78.9 Å². The number of aryl methyl sites for hydroxylation is 2. The summed E-state index contributed by atoms with van der Waals surface area (Å²) >= 11 is 0. The van der Waals surface area contributed by atoms with Crippen molar-refractivity contribution in [2.45, 2.75) is 32.6 Å². The summed E-state index contributed by atoms with van der Waals surface area (Å²) in [4.78, 5) is 25.8. The molecule has 3 aromatic rings. The highest BCUT2D eigenvalue weighted by Gasteiger charge is 2.11. The van der Waals surface area contributed by atoms with Crippen LogP contribution in [0.5, 0.6) is 0 Å². The number of urea groups is 1. The maximum absolute atomic E-state index is 12.6. The van der Waals surface area contributed by atoms with E-state index in [1.165, 1.54) is 5.56 Å². The summed E-state index contributed by atoms with van der Waals surface area (Å²) in [6.45, 7) is 2.85. The third kappa shape index (κ3) is 7.49. The molecule has 0 aromatic heterocycles. The van der Waals surface area contributed by atoms with E-state index < -0.39 is 0 Å². The lowest BCUT2D eigenvalue weighted by Gasteiger charge is -2.19. The minimum Gasteiger partial charge on any atom is -0.466 e. The highest BCUT2D eigenvalue weighted by molar-refractivity contribution is 5.92. The van der Waals surface area contributed by atoms with E-state index in [1.54, 1.807) is 11.9 Å². The minimum absolute atomic E-state index is 0.116. The van der Waals surface area contributed by atoms with Gasteiger partial charge in [0.05, 0.1) is 6.61 Å². The molecular formula is C28H32N2O3. The molecule has 0 aliphatic rings. The average Bonchev–Trinajstić information content (AvgIpc) is 2.86. The smallest absolute Gasteiger partial charge is 0.321 e. The SMILES string of the molecule is CCOC(=O)CCc1ccc(-c2cccc(N(C)C(=O)NCCCc3ccccc3)c2)cc1. The second-order valence-electron chi connectivity index (χ2n) is 7.93. The zero-order valence-corrected chi connectivity index (χ0v) is 19.4. The summed E-state index contributed by atoms with van der Waals surface area (Å²) in [6, 6.07) is 26.3. The fourth-order valence-corrected chi connectivity index (χ4v) is 3.61. The number of hydrogen-bond acceptors (Lipinski definition) is 3. The van der Waals surface area contributed by atoms with Gasteiger partial charge in [0, 0.05) is 25.7 Å². The van der Waals surface area contributed by atoms with E-state index in [0.717, 1.165) is 35.2 Å². The second-order valence-corrected chi connectivity index (χ2v) is 7.93. The quantitative estimate of drug-likeness (QED) is 0.326. The Morgan fingerprint density at radius 2 is 1.58 bits per heavy atom. The van der Waals surface area contributed by atoms with Crippen LogP contribution in [0.25, 0.3) is 11.1 Å². The Balaban J connectivity index is 1.53. The van der Waals surface area contributed by atoms with Gasteiger partial charge in [-0.1, -0.05) is 66.7 Å². The standard InChI is InChI=1S/C28H32N2O3/c1-3-33-27(31)19-16-23-14-17-24(18-15-23)25-12-7-13-26(21-25)30(2)28(32)29-20-8-11-22-9-5-4-6-10-22/h4-7,9-10,12-15,17-18,21H,3,8,11,16,19-20H2,1-2H3,(H,29,32). The third-order valence-corrected chi connectivity index (χ3v) is 5.51. The number of nitrogens with one attached hydrogen (secondary N) is 1. The van der Waals surface area contributed by atoms with Gasteiger partial charge >= 0.3 is 12.0 Å². The molecule has 3 rings (SSSR count). The third-order valence-electron chi connectivity index (χ3n) is 5.51. The van der Waals surface area contributed by atoms with Crippen molar-refractivity contribution in [1.82, 2.24) is 5.32 Å². The summed E-state index contributed by atoms with van der Waals surface area (Å²) in [5.74, 6) is -0.171. The van der Waals surface area contributed by atoms with Gasteiger partial charge in [0.15, 0.2) is 0 Å². The van der Waals surface area contributed by atoms with Gasteiger partial charge in [-0.25, -0.2) is 4.79 Å². The summed E-state index contributed by atoms with van der Waals surface area (Å²) in [5, 5.41) is 3.00. The molecule has 5 heteroatoms. The van der Waals surface area contributed by atoms with Crippen LogP contribution in [-0.4, -0.2) is 32.2 Å². The predicted molar refractivity (Wildman–Crippen MR) is 133 cm³/mol. The highest BCUT2D eigenvalue weighted by Crippen LogP contribution is 2.25. The Kier molecular flexibility index (Phi) is 9.07. The van der Waals surface area contributed by atoms with Gasteiger partial charge in [0.25, 0.3) is 0 Å². The van der Waals surface area contributed by atoms with Crippen molar-refractivity contribution in [2.75, 3.05) is 25.1 Å². The number of hydrogen-bond donors (Lipinski definition) is 1.